The van der Waals surface area contributed by atoms with Crippen molar-refractivity contribution in [2.24, 2.45) is 0 Å². The number of anilines is 1. The lowest BCUT2D eigenvalue weighted by Crippen LogP contribution is -2.34. The Balaban J connectivity index is 1.82. The minimum Gasteiger partial charge on any atom is -0.497 e. The molecule has 1 N–H and O–H groups in total. The van der Waals surface area contributed by atoms with E-state index in [0.29, 0.717) is 22.5 Å². The number of amides is 1. The van der Waals surface area contributed by atoms with Crippen LogP contribution in [0.25, 0.3) is 10.9 Å². The number of hydrogen-bond donors (Lipinski definition) is 1. The molecule has 4 rings (SSSR count). The van der Waals surface area contributed by atoms with Crippen molar-refractivity contribution < 1.29 is 9.53 Å². The van der Waals surface area contributed by atoms with Gasteiger partial charge in [-0.25, -0.2) is 0 Å². The molecule has 0 bridgehead atoms. The van der Waals surface area contributed by atoms with E-state index in [2.05, 4.69) is 9.97 Å². The largest absolute Gasteiger partial charge is 0.497 e. The van der Waals surface area contributed by atoms with Crippen LogP contribution in [0.1, 0.15) is 27.2 Å². The van der Waals surface area contributed by atoms with Gasteiger partial charge in [-0.15, -0.1) is 0 Å². The maximum atomic E-state index is 13.4. The summed E-state index contributed by atoms with van der Waals surface area (Å²) in [5, 5.41) is 0.833. The molecule has 0 aliphatic rings. The molecule has 1 amide bonds. The lowest BCUT2D eigenvalue weighted by molar-refractivity contribution is 0.0980. The molecule has 0 fully saturated rings. The first-order valence-corrected chi connectivity index (χ1v) is 9.96. The standard InChI is InChI=1S/C25H23N3O3/c1-16-7-8-17(2)23(12-16)28(25(30)22-6-4-5-11-26-22)15-19-13-18-14-20(31-3)9-10-21(18)27-24(19)29/h4-14H,15H2,1-3H3,(H,27,29). The third-order valence-electron chi connectivity index (χ3n) is 5.24. The number of rotatable bonds is 5. The Bertz CT molecular complexity index is 1310. The molecule has 0 aliphatic heterocycles. The summed E-state index contributed by atoms with van der Waals surface area (Å²) in [4.78, 5) is 35.0. The molecule has 156 valence electrons. The highest BCUT2D eigenvalue weighted by Crippen LogP contribution is 2.26. The molecule has 0 spiro atoms. The fraction of sp³-hybridized carbons (Fsp3) is 0.160. The summed E-state index contributed by atoms with van der Waals surface area (Å²) < 4.78 is 5.30. The third-order valence-corrected chi connectivity index (χ3v) is 5.24. The van der Waals surface area contributed by atoms with E-state index in [1.807, 2.05) is 38.1 Å². The van der Waals surface area contributed by atoms with Gasteiger partial charge in [0.1, 0.15) is 11.4 Å². The van der Waals surface area contributed by atoms with Crippen LogP contribution in [-0.4, -0.2) is 23.0 Å². The lowest BCUT2D eigenvalue weighted by atomic mass is 10.1. The molecule has 0 saturated heterocycles. The second-order valence-corrected chi connectivity index (χ2v) is 7.47. The number of methoxy groups -OCH3 is 1. The molecule has 0 aliphatic carbocycles. The third kappa shape index (κ3) is 4.19. The highest BCUT2D eigenvalue weighted by molar-refractivity contribution is 6.05. The van der Waals surface area contributed by atoms with E-state index in [4.69, 9.17) is 4.74 Å². The minimum absolute atomic E-state index is 0.113. The normalized spacial score (nSPS) is 10.8. The Labute approximate surface area is 180 Å². The van der Waals surface area contributed by atoms with Gasteiger partial charge in [0.2, 0.25) is 0 Å². The SMILES string of the molecule is COc1ccc2[nH]c(=O)c(CN(C(=O)c3ccccn3)c3cc(C)ccc3C)cc2c1. The minimum atomic E-state index is -0.264. The van der Waals surface area contributed by atoms with Crippen LogP contribution in [0.15, 0.2) is 71.7 Å². The van der Waals surface area contributed by atoms with Gasteiger partial charge >= 0.3 is 0 Å². The summed E-state index contributed by atoms with van der Waals surface area (Å²) in [5.74, 6) is 0.431. The van der Waals surface area contributed by atoms with Crippen molar-refractivity contribution in [3.05, 3.63) is 99.6 Å². The van der Waals surface area contributed by atoms with E-state index < -0.39 is 0 Å². The number of aromatic amines is 1. The van der Waals surface area contributed by atoms with Crippen molar-refractivity contribution >= 4 is 22.5 Å². The smallest absolute Gasteiger partial charge is 0.277 e. The number of carbonyl (C=O) groups is 1. The first kappa shape index (κ1) is 20.3. The van der Waals surface area contributed by atoms with Gasteiger partial charge in [0.15, 0.2) is 0 Å². The van der Waals surface area contributed by atoms with Gasteiger partial charge in [-0.2, -0.15) is 0 Å². The number of ether oxygens (including phenoxy) is 1. The zero-order valence-corrected chi connectivity index (χ0v) is 17.7. The van der Waals surface area contributed by atoms with Crippen LogP contribution in [0.4, 0.5) is 5.69 Å². The van der Waals surface area contributed by atoms with E-state index in [0.717, 1.165) is 22.2 Å². The number of H-pyrrole nitrogens is 1. The Morgan fingerprint density at radius 1 is 1.06 bits per heavy atom. The van der Waals surface area contributed by atoms with Gasteiger partial charge in [-0.3, -0.25) is 14.6 Å². The molecule has 2 aromatic carbocycles. The van der Waals surface area contributed by atoms with Crippen molar-refractivity contribution in [2.75, 3.05) is 12.0 Å². The van der Waals surface area contributed by atoms with E-state index in [-0.39, 0.29) is 18.0 Å². The van der Waals surface area contributed by atoms with Crippen LogP contribution >= 0.6 is 0 Å². The fourth-order valence-electron chi connectivity index (χ4n) is 3.55. The molecule has 6 heteroatoms. The van der Waals surface area contributed by atoms with E-state index >= 15 is 0 Å². The molecule has 0 radical (unpaired) electrons. The van der Waals surface area contributed by atoms with Crippen molar-refractivity contribution in [1.29, 1.82) is 0 Å². The molecule has 6 nitrogen and oxygen atoms in total. The van der Waals surface area contributed by atoms with Crippen LogP contribution in [0.3, 0.4) is 0 Å². The van der Waals surface area contributed by atoms with Crippen LogP contribution in [0, 0.1) is 13.8 Å². The van der Waals surface area contributed by atoms with E-state index in [9.17, 15) is 9.59 Å². The maximum absolute atomic E-state index is 13.4. The zero-order valence-electron chi connectivity index (χ0n) is 17.7. The number of hydrogen-bond acceptors (Lipinski definition) is 4. The molecule has 31 heavy (non-hydrogen) atoms. The average molecular weight is 413 g/mol. The second kappa shape index (κ2) is 8.44. The number of nitrogens with one attached hydrogen (secondary N) is 1. The lowest BCUT2D eigenvalue weighted by Gasteiger charge is -2.25. The van der Waals surface area contributed by atoms with Crippen LogP contribution in [0.2, 0.25) is 0 Å². The number of fused-ring (bicyclic) bond motifs is 1. The second-order valence-electron chi connectivity index (χ2n) is 7.47. The summed E-state index contributed by atoms with van der Waals surface area (Å²) in [7, 11) is 1.60. The van der Waals surface area contributed by atoms with Gasteiger partial charge in [0, 0.05) is 28.4 Å². The summed E-state index contributed by atoms with van der Waals surface area (Å²) in [6.07, 6.45) is 1.59. The number of aryl methyl sites for hydroxylation is 2. The first-order valence-electron chi connectivity index (χ1n) is 9.96. The fourth-order valence-corrected chi connectivity index (χ4v) is 3.55. The molecular weight excluding hydrogens is 390 g/mol. The van der Waals surface area contributed by atoms with Gasteiger partial charge in [0.05, 0.1) is 13.7 Å². The summed E-state index contributed by atoms with van der Waals surface area (Å²) in [5.41, 5.74) is 3.99. The van der Waals surface area contributed by atoms with Crippen molar-refractivity contribution in [3.8, 4) is 5.75 Å². The van der Waals surface area contributed by atoms with Crippen LogP contribution < -0.4 is 15.2 Å². The summed E-state index contributed by atoms with van der Waals surface area (Å²) in [6, 6.07) is 18.4. The molecular formula is C25H23N3O3. The molecule has 0 saturated carbocycles. The van der Waals surface area contributed by atoms with E-state index in [1.165, 1.54) is 0 Å². The number of benzene rings is 2. The number of pyridine rings is 2. The highest BCUT2D eigenvalue weighted by Gasteiger charge is 2.22. The van der Waals surface area contributed by atoms with Crippen molar-refractivity contribution in [3.63, 3.8) is 0 Å². The number of aromatic nitrogens is 2. The monoisotopic (exact) mass is 413 g/mol. The predicted octanol–water partition coefficient (Wildman–Crippen LogP) is 4.40. The number of carbonyl (C=O) groups excluding carboxylic acids is 1. The molecule has 0 unspecified atom stereocenters. The van der Waals surface area contributed by atoms with Gasteiger partial charge < -0.3 is 14.6 Å². The Kier molecular flexibility index (Phi) is 5.54. The molecule has 4 aromatic rings. The van der Waals surface area contributed by atoms with Gasteiger partial charge in [0.25, 0.3) is 11.5 Å². The molecule has 0 atom stereocenters. The topological polar surface area (TPSA) is 75.3 Å². The average Bonchev–Trinajstić information content (AvgIpc) is 2.79. The first-order chi connectivity index (χ1) is 15.0. The molecule has 2 heterocycles. The van der Waals surface area contributed by atoms with Crippen LogP contribution in [-0.2, 0) is 6.54 Å². The Morgan fingerprint density at radius 2 is 1.90 bits per heavy atom. The maximum Gasteiger partial charge on any atom is 0.277 e. The zero-order chi connectivity index (χ0) is 22.0. The quantitative estimate of drug-likeness (QED) is 0.526. The van der Waals surface area contributed by atoms with Crippen LogP contribution in [0.5, 0.6) is 5.75 Å². The Morgan fingerprint density at radius 3 is 2.65 bits per heavy atom. The van der Waals surface area contributed by atoms with Crippen molar-refractivity contribution in [2.45, 2.75) is 20.4 Å². The number of nitrogens with zero attached hydrogens (tertiary/aromatic N) is 2. The highest BCUT2D eigenvalue weighted by atomic mass is 16.5. The predicted molar refractivity (Wildman–Crippen MR) is 122 cm³/mol. The van der Waals surface area contributed by atoms with Gasteiger partial charge in [-0.05, 0) is 67.4 Å². The van der Waals surface area contributed by atoms with E-state index in [1.54, 1.807) is 54.6 Å². The van der Waals surface area contributed by atoms with Crippen molar-refractivity contribution in [1.82, 2.24) is 9.97 Å². The summed E-state index contributed by atoms with van der Waals surface area (Å²) in [6.45, 7) is 4.03. The summed E-state index contributed by atoms with van der Waals surface area (Å²) >= 11 is 0. The van der Waals surface area contributed by atoms with Gasteiger partial charge in [-0.1, -0.05) is 18.2 Å². The Hall–Kier alpha value is -3.93. The molecule has 2 aromatic heterocycles.